The third-order valence-electron chi connectivity index (χ3n) is 5.14. The topological polar surface area (TPSA) is 109 Å². The van der Waals surface area contributed by atoms with Gasteiger partial charge in [0.15, 0.2) is 0 Å². The van der Waals surface area contributed by atoms with Gasteiger partial charge < -0.3 is 10.2 Å². The van der Waals surface area contributed by atoms with E-state index in [4.69, 9.17) is 0 Å². The molecule has 0 saturated carbocycles. The molecule has 0 fully saturated rings. The zero-order chi connectivity index (χ0) is 23.6. The van der Waals surface area contributed by atoms with E-state index in [1.54, 1.807) is 18.2 Å². The van der Waals surface area contributed by atoms with E-state index in [0.717, 1.165) is 25.3 Å². The van der Waals surface area contributed by atoms with Crippen LogP contribution in [0.2, 0.25) is 0 Å². The Hall–Kier alpha value is -2.32. The first-order valence-corrected chi connectivity index (χ1v) is 13.3. The highest BCUT2D eigenvalue weighted by Crippen LogP contribution is 2.32. The molecular weight excluding hydrogens is 448 g/mol. The van der Waals surface area contributed by atoms with Crippen LogP contribution in [0, 0.1) is 0 Å². The molecule has 0 amide bonds. The summed E-state index contributed by atoms with van der Waals surface area (Å²) in [6.07, 6.45) is 9.02. The maximum atomic E-state index is 13.0. The van der Waals surface area contributed by atoms with Crippen LogP contribution >= 0.6 is 11.8 Å². The van der Waals surface area contributed by atoms with Gasteiger partial charge in [-0.15, -0.1) is 11.8 Å². The molecule has 0 aliphatic carbocycles. The molecule has 2 aromatic rings. The molecule has 0 spiro atoms. The maximum absolute atomic E-state index is 13.0. The number of benzene rings is 2. The van der Waals surface area contributed by atoms with E-state index >= 15 is 0 Å². The predicted molar refractivity (Wildman–Crippen MR) is 126 cm³/mol. The van der Waals surface area contributed by atoms with E-state index in [0.29, 0.717) is 5.75 Å². The summed E-state index contributed by atoms with van der Waals surface area (Å²) in [5, 5.41) is 19.2. The van der Waals surface area contributed by atoms with Crippen molar-refractivity contribution < 1.29 is 28.2 Å². The van der Waals surface area contributed by atoms with E-state index in [9.17, 15) is 28.2 Å². The Morgan fingerprint density at radius 2 is 1.41 bits per heavy atom. The molecule has 8 heteroatoms. The Balaban J connectivity index is 2.21. The van der Waals surface area contributed by atoms with Crippen LogP contribution in [0.5, 0.6) is 0 Å². The average Bonchev–Trinajstić information content (AvgIpc) is 2.77. The van der Waals surface area contributed by atoms with Crippen LogP contribution in [0.15, 0.2) is 57.2 Å². The lowest BCUT2D eigenvalue weighted by Gasteiger charge is -2.13. The normalized spacial score (nSPS) is 11.4. The molecule has 32 heavy (non-hydrogen) atoms. The van der Waals surface area contributed by atoms with Crippen LogP contribution in [0.1, 0.15) is 79.0 Å². The van der Waals surface area contributed by atoms with Crippen LogP contribution in [0.25, 0.3) is 0 Å². The lowest BCUT2D eigenvalue weighted by Crippen LogP contribution is -2.13. The summed E-state index contributed by atoms with van der Waals surface area (Å²) >= 11 is 1.20. The zero-order valence-corrected chi connectivity index (χ0v) is 19.9. The molecule has 0 atom stereocenters. The van der Waals surface area contributed by atoms with Crippen molar-refractivity contribution in [2.45, 2.75) is 73.0 Å². The third-order valence-corrected chi connectivity index (χ3v) is 8.01. The van der Waals surface area contributed by atoms with Crippen molar-refractivity contribution in [2.24, 2.45) is 0 Å². The van der Waals surface area contributed by atoms with Crippen molar-refractivity contribution in [3.8, 4) is 0 Å². The minimum absolute atomic E-state index is 0.0263. The van der Waals surface area contributed by atoms with Gasteiger partial charge in [0, 0.05) is 4.90 Å². The minimum Gasteiger partial charge on any atom is -0.478 e. The number of hydrogen-bond acceptors (Lipinski definition) is 5. The van der Waals surface area contributed by atoms with Crippen LogP contribution in [-0.2, 0) is 9.84 Å². The molecule has 0 bridgehead atoms. The number of sulfone groups is 1. The molecule has 0 heterocycles. The lowest BCUT2D eigenvalue weighted by molar-refractivity contribution is 0.0648. The summed E-state index contributed by atoms with van der Waals surface area (Å²) in [6.45, 7) is 2.18. The molecule has 0 unspecified atom stereocenters. The van der Waals surface area contributed by atoms with Crippen molar-refractivity contribution >= 4 is 33.5 Å². The van der Waals surface area contributed by atoms with Gasteiger partial charge in [0.05, 0.1) is 20.9 Å². The summed E-state index contributed by atoms with van der Waals surface area (Å²) in [6, 6.07) is 9.91. The van der Waals surface area contributed by atoms with E-state index in [1.807, 2.05) is 0 Å². The van der Waals surface area contributed by atoms with Gasteiger partial charge in [-0.05, 0) is 36.4 Å². The Morgan fingerprint density at radius 3 is 1.97 bits per heavy atom. The Bertz CT molecular complexity index is 1020. The predicted octanol–water partition coefficient (Wildman–Crippen LogP) is 6.15. The summed E-state index contributed by atoms with van der Waals surface area (Å²) in [4.78, 5) is 23.5. The van der Waals surface area contributed by atoms with Gasteiger partial charge in [0.2, 0.25) is 9.84 Å². The number of carbonyl (C=O) groups is 2. The monoisotopic (exact) mass is 478 g/mol. The minimum atomic E-state index is -3.98. The Kier molecular flexibility index (Phi) is 10.3. The summed E-state index contributed by atoms with van der Waals surface area (Å²) < 4.78 is 26.0. The van der Waals surface area contributed by atoms with Gasteiger partial charge in [-0.2, -0.15) is 0 Å². The highest BCUT2D eigenvalue weighted by atomic mass is 32.2. The second-order valence-corrected chi connectivity index (χ2v) is 10.7. The van der Waals surface area contributed by atoms with E-state index in [2.05, 4.69) is 6.92 Å². The van der Waals surface area contributed by atoms with Gasteiger partial charge >= 0.3 is 11.9 Å². The fraction of sp³-hybridized carbons (Fsp3) is 0.417. The van der Waals surface area contributed by atoms with E-state index < -0.39 is 27.3 Å². The Morgan fingerprint density at radius 1 is 0.812 bits per heavy atom. The number of carboxylic acids is 2. The number of thioether (sulfide) groups is 1. The number of rotatable bonds is 14. The van der Waals surface area contributed by atoms with Gasteiger partial charge in [-0.25, -0.2) is 18.0 Å². The summed E-state index contributed by atoms with van der Waals surface area (Å²) in [5.41, 5.74) is -0.887. The van der Waals surface area contributed by atoms with Gasteiger partial charge in [-0.1, -0.05) is 70.1 Å². The van der Waals surface area contributed by atoms with Crippen LogP contribution in [0.3, 0.4) is 0 Å². The van der Waals surface area contributed by atoms with Crippen LogP contribution in [-0.4, -0.2) is 36.3 Å². The molecule has 0 saturated heterocycles. The third kappa shape index (κ3) is 7.10. The van der Waals surface area contributed by atoms with Gasteiger partial charge in [-0.3, -0.25) is 0 Å². The first-order chi connectivity index (χ1) is 15.3. The molecule has 0 aliphatic heterocycles. The highest BCUT2D eigenvalue weighted by molar-refractivity contribution is 7.99. The Labute approximate surface area is 194 Å². The molecule has 6 nitrogen and oxygen atoms in total. The number of carboxylic acid groups (broad SMARTS) is 2. The SMILES string of the molecule is CCCCCCCCCCSc1cc(S(=O)(=O)c2ccccc2)cc(C(=O)O)c1C(=O)O. The molecule has 2 N–H and O–H groups in total. The zero-order valence-electron chi connectivity index (χ0n) is 18.2. The fourth-order valence-electron chi connectivity index (χ4n) is 3.40. The van der Waals surface area contributed by atoms with Crippen molar-refractivity contribution in [1.29, 1.82) is 0 Å². The van der Waals surface area contributed by atoms with Crippen molar-refractivity contribution in [2.75, 3.05) is 5.75 Å². The summed E-state index contributed by atoms with van der Waals surface area (Å²) in [7, 11) is -3.98. The molecule has 2 rings (SSSR count). The molecule has 174 valence electrons. The quantitative estimate of drug-likeness (QED) is 0.248. The molecule has 0 aliphatic rings. The lowest BCUT2D eigenvalue weighted by atomic mass is 10.1. The van der Waals surface area contributed by atoms with Crippen LogP contribution < -0.4 is 0 Å². The fourth-order valence-corrected chi connectivity index (χ4v) is 5.93. The molecule has 0 aromatic heterocycles. The first kappa shape index (κ1) is 25.9. The highest BCUT2D eigenvalue weighted by Gasteiger charge is 2.27. The van der Waals surface area contributed by atoms with Crippen molar-refractivity contribution in [1.82, 2.24) is 0 Å². The standard InChI is InChI=1S/C24H30O6S2/c1-2-3-4-5-6-7-8-12-15-31-21-17-19(16-20(23(25)26)22(21)24(27)28)32(29,30)18-13-10-9-11-14-18/h9-11,13-14,16-17H,2-8,12,15H2,1H3,(H,25,26)(H,27,28). The van der Waals surface area contributed by atoms with E-state index in [-0.39, 0.29) is 20.2 Å². The molecular formula is C24H30O6S2. The second-order valence-electron chi connectivity index (χ2n) is 7.59. The van der Waals surface area contributed by atoms with E-state index in [1.165, 1.54) is 62.1 Å². The van der Waals surface area contributed by atoms with Crippen molar-refractivity contribution in [3.05, 3.63) is 53.6 Å². The summed E-state index contributed by atoms with van der Waals surface area (Å²) in [5.74, 6) is -2.27. The van der Waals surface area contributed by atoms with Gasteiger partial charge in [0.1, 0.15) is 0 Å². The van der Waals surface area contributed by atoms with Crippen LogP contribution in [0.4, 0.5) is 0 Å². The number of aromatic carboxylic acids is 2. The van der Waals surface area contributed by atoms with Gasteiger partial charge in [0.25, 0.3) is 0 Å². The molecule has 2 aromatic carbocycles. The number of unbranched alkanes of at least 4 members (excludes halogenated alkanes) is 7. The second kappa shape index (κ2) is 12.6. The largest absolute Gasteiger partial charge is 0.478 e. The molecule has 0 radical (unpaired) electrons. The number of hydrogen-bond donors (Lipinski definition) is 2. The smallest absolute Gasteiger partial charge is 0.337 e. The maximum Gasteiger partial charge on any atom is 0.337 e. The average molecular weight is 479 g/mol. The van der Waals surface area contributed by atoms with Crippen molar-refractivity contribution in [3.63, 3.8) is 0 Å². The first-order valence-electron chi connectivity index (χ1n) is 10.9.